The van der Waals surface area contributed by atoms with Gasteiger partial charge in [0.05, 0.1) is 16.5 Å². The predicted octanol–water partition coefficient (Wildman–Crippen LogP) is 1.41. The van der Waals surface area contributed by atoms with Gasteiger partial charge in [0.2, 0.25) is 5.95 Å². The van der Waals surface area contributed by atoms with Crippen molar-refractivity contribution in [3.05, 3.63) is 47.8 Å². The van der Waals surface area contributed by atoms with Crippen LogP contribution in [0.5, 0.6) is 0 Å². The van der Waals surface area contributed by atoms with E-state index < -0.39 is 9.84 Å². The molecule has 0 radical (unpaired) electrons. The van der Waals surface area contributed by atoms with E-state index in [1.54, 1.807) is 19.2 Å². The van der Waals surface area contributed by atoms with Crippen LogP contribution in [0.3, 0.4) is 0 Å². The summed E-state index contributed by atoms with van der Waals surface area (Å²) in [7, 11) is -1.54. The molecule has 0 fully saturated rings. The van der Waals surface area contributed by atoms with Crippen LogP contribution in [0.25, 0.3) is 0 Å². The number of aromatic nitrogens is 2. The Morgan fingerprint density at radius 2 is 1.70 bits per heavy atom. The molecule has 0 aliphatic carbocycles. The summed E-state index contributed by atoms with van der Waals surface area (Å²) in [6, 6.07) is 6.14. The molecule has 23 heavy (non-hydrogen) atoms. The Labute approximate surface area is 135 Å². The average Bonchev–Trinajstić information content (AvgIpc) is 2.54. The lowest BCUT2D eigenvalue weighted by atomic mass is 10.1. The minimum atomic E-state index is -3.23. The second-order valence-corrected chi connectivity index (χ2v) is 7.10. The topological polar surface area (TPSA) is 101 Å². The van der Waals surface area contributed by atoms with E-state index in [4.69, 9.17) is 0 Å². The number of nitrogens with zero attached hydrogens (tertiary/aromatic N) is 2. The second-order valence-electron chi connectivity index (χ2n) is 5.08. The van der Waals surface area contributed by atoms with Gasteiger partial charge < -0.3 is 10.6 Å². The molecule has 2 rings (SSSR count). The molecule has 0 unspecified atom stereocenters. The third-order valence-electron chi connectivity index (χ3n) is 3.29. The maximum Gasteiger partial charge on any atom is 0.254 e. The quantitative estimate of drug-likeness (QED) is 0.857. The van der Waals surface area contributed by atoms with Gasteiger partial charge in [0, 0.05) is 25.7 Å². The molecule has 2 aromatic rings. The molecule has 7 nitrogen and oxygen atoms in total. The van der Waals surface area contributed by atoms with Crippen LogP contribution in [-0.4, -0.2) is 37.6 Å². The first kappa shape index (κ1) is 16.9. The maximum atomic E-state index is 12.1. The second kappa shape index (κ2) is 6.74. The summed E-state index contributed by atoms with van der Waals surface area (Å²) in [6.07, 6.45) is 4.03. The summed E-state index contributed by atoms with van der Waals surface area (Å²) in [4.78, 5) is 20.4. The fraction of sp³-hybridized carbons (Fsp3) is 0.267. The number of benzene rings is 1. The SMILES string of the molecule is CNc1ncc(C(=O)N[C@@H](C)c2ccc(S(C)(=O)=O)cc2)cn1. The van der Waals surface area contributed by atoms with Gasteiger partial charge in [-0.15, -0.1) is 0 Å². The molecule has 8 heteroatoms. The smallest absolute Gasteiger partial charge is 0.254 e. The third kappa shape index (κ3) is 4.26. The molecule has 1 atom stereocenters. The highest BCUT2D eigenvalue weighted by molar-refractivity contribution is 7.90. The first-order chi connectivity index (χ1) is 10.8. The number of carbonyl (C=O) groups is 1. The number of hydrogen-bond donors (Lipinski definition) is 2. The van der Waals surface area contributed by atoms with Crippen molar-refractivity contribution in [3.63, 3.8) is 0 Å². The van der Waals surface area contributed by atoms with Gasteiger partial charge in [-0.2, -0.15) is 0 Å². The Hall–Kier alpha value is -2.48. The number of amides is 1. The molecular formula is C15H18N4O3S. The number of nitrogens with one attached hydrogen (secondary N) is 2. The van der Waals surface area contributed by atoms with Crippen LogP contribution >= 0.6 is 0 Å². The zero-order valence-corrected chi connectivity index (χ0v) is 13.9. The number of carbonyl (C=O) groups excluding carboxylic acids is 1. The molecule has 0 bridgehead atoms. The van der Waals surface area contributed by atoms with Crippen LogP contribution in [-0.2, 0) is 9.84 Å². The monoisotopic (exact) mass is 334 g/mol. The molecule has 1 aromatic carbocycles. The van der Waals surface area contributed by atoms with Crippen LogP contribution in [0.4, 0.5) is 5.95 Å². The zero-order valence-electron chi connectivity index (χ0n) is 13.1. The largest absolute Gasteiger partial charge is 0.357 e. The van der Waals surface area contributed by atoms with Crippen molar-refractivity contribution < 1.29 is 13.2 Å². The highest BCUT2D eigenvalue weighted by Gasteiger charge is 2.13. The summed E-state index contributed by atoms with van der Waals surface area (Å²) >= 11 is 0. The van der Waals surface area contributed by atoms with Crippen molar-refractivity contribution in [1.29, 1.82) is 0 Å². The van der Waals surface area contributed by atoms with Gasteiger partial charge >= 0.3 is 0 Å². The van der Waals surface area contributed by atoms with Gasteiger partial charge in [0.1, 0.15) is 0 Å². The van der Waals surface area contributed by atoms with Gasteiger partial charge in [0.15, 0.2) is 9.84 Å². The summed E-state index contributed by atoms with van der Waals surface area (Å²) in [6.45, 7) is 1.82. The number of anilines is 1. The molecule has 1 aromatic heterocycles. The van der Waals surface area contributed by atoms with Crippen LogP contribution in [0.1, 0.15) is 28.9 Å². The standard InChI is InChI=1S/C15H18N4O3S/c1-10(11-4-6-13(7-5-11)23(3,21)22)19-14(20)12-8-17-15(16-2)18-9-12/h4-10H,1-3H3,(H,19,20)(H,16,17,18)/t10-/m0/s1. The van der Waals surface area contributed by atoms with Gasteiger partial charge in [-0.1, -0.05) is 12.1 Å². The lowest BCUT2D eigenvalue weighted by Gasteiger charge is -2.14. The molecule has 1 amide bonds. The molecule has 122 valence electrons. The van der Waals surface area contributed by atoms with E-state index in [0.29, 0.717) is 11.5 Å². The van der Waals surface area contributed by atoms with Gasteiger partial charge in [-0.25, -0.2) is 18.4 Å². The van der Waals surface area contributed by atoms with E-state index in [2.05, 4.69) is 20.6 Å². The van der Waals surface area contributed by atoms with Gasteiger partial charge in [-0.3, -0.25) is 4.79 Å². The molecule has 0 aliphatic rings. The number of rotatable bonds is 5. The van der Waals surface area contributed by atoms with Crippen molar-refractivity contribution in [2.45, 2.75) is 17.9 Å². The molecular weight excluding hydrogens is 316 g/mol. The highest BCUT2D eigenvalue weighted by Crippen LogP contribution is 2.16. The Kier molecular flexibility index (Phi) is 4.95. The Bertz CT molecular complexity index is 786. The van der Waals surface area contributed by atoms with Gasteiger partial charge in [-0.05, 0) is 24.6 Å². The Morgan fingerprint density at radius 1 is 1.13 bits per heavy atom. The number of hydrogen-bond acceptors (Lipinski definition) is 6. The molecule has 0 spiro atoms. The van der Waals surface area contributed by atoms with E-state index in [9.17, 15) is 13.2 Å². The van der Waals surface area contributed by atoms with E-state index in [-0.39, 0.29) is 16.8 Å². The average molecular weight is 334 g/mol. The van der Waals surface area contributed by atoms with Crippen molar-refractivity contribution in [1.82, 2.24) is 15.3 Å². The summed E-state index contributed by atoms with van der Waals surface area (Å²) in [5.74, 6) is 0.137. The summed E-state index contributed by atoms with van der Waals surface area (Å²) < 4.78 is 22.9. The lowest BCUT2D eigenvalue weighted by Crippen LogP contribution is -2.27. The fourth-order valence-electron chi connectivity index (χ4n) is 1.94. The van der Waals surface area contributed by atoms with Crippen molar-refractivity contribution in [2.75, 3.05) is 18.6 Å². The number of sulfone groups is 1. The first-order valence-corrected chi connectivity index (χ1v) is 8.81. The van der Waals surface area contributed by atoms with E-state index >= 15 is 0 Å². The van der Waals surface area contributed by atoms with Crippen molar-refractivity contribution in [2.24, 2.45) is 0 Å². The van der Waals surface area contributed by atoms with E-state index in [1.165, 1.54) is 24.5 Å². The summed E-state index contributed by atoms with van der Waals surface area (Å²) in [5.41, 5.74) is 1.15. The minimum Gasteiger partial charge on any atom is -0.357 e. The molecule has 0 aliphatic heterocycles. The van der Waals surface area contributed by atoms with E-state index in [1.807, 2.05) is 6.92 Å². The first-order valence-electron chi connectivity index (χ1n) is 6.92. The highest BCUT2D eigenvalue weighted by atomic mass is 32.2. The normalized spacial score (nSPS) is 12.5. The summed E-state index contributed by atoms with van der Waals surface area (Å²) in [5, 5.41) is 5.59. The molecule has 0 saturated heterocycles. The zero-order chi connectivity index (χ0) is 17.0. The molecule has 2 N–H and O–H groups in total. The van der Waals surface area contributed by atoms with Crippen molar-refractivity contribution >= 4 is 21.7 Å². The van der Waals surface area contributed by atoms with Crippen LogP contribution in [0.15, 0.2) is 41.6 Å². The van der Waals surface area contributed by atoms with Crippen LogP contribution < -0.4 is 10.6 Å². The third-order valence-corrected chi connectivity index (χ3v) is 4.42. The predicted molar refractivity (Wildman–Crippen MR) is 87.0 cm³/mol. The van der Waals surface area contributed by atoms with E-state index in [0.717, 1.165) is 11.8 Å². The van der Waals surface area contributed by atoms with Crippen LogP contribution in [0.2, 0.25) is 0 Å². The van der Waals surface area contributed by atoms with Gasteiger partial charge in [0.25, 0.3) is 5.91 Å². The van der Waals surface area contributed by atoms with Crippen LogP contribution in [0, 0.1) is 0 Å². The Balaban J connectivity index is 2.08. The lowest BCUT2D eigenvalue weighted by molar-refractivity contribution is 0.0939. The molecule has 1 heterocycles. The maximum absolute atomic E-state index is 12.1. The van der Waals surface area contributed by atoms with Crippen molar-refractivity contribution in [3.8, 4) is 0 Å². The molecule has 0 saturated carbocycles. The minimum absolute atomic E-state index is 0.246. The fourth-order valence-corrected chi connectivity index (χ4v) is 2.57. The Morgan fingerprint density at radius 3 is 2.17 bits per heavy atom.